The molecule has 2 N–H and O–H groups in total. The second-order valence-corrected chi connectivity index (χ2v) is 11.1. The summed E-state index contributed by atoms with van der Waals surface area (Å²) in [5.41, 5.74) is 1.77. The van der Waals surface area contributed by atoms with E-state index in [0.29, 0.717) is 0 Å². The zero-order chi connectivity index (χ0) is 27.7. The SMILES string of the molecule is COc1ccc(-c2ccc(Oc3ccc(C(=O)c4ccc(C)c(S(=O)(=O)O)c4)cc3S(=O)(=O)O)cc2)cc1. The second-order valence-electron chi connectivity index (χ2n) is 8.28. The summed E-state index contributed by atoms with van der Waals surface area (Å²) in [6.45, 7) is 1.45. The van der Waals surface area contributed by atoms with Gasteiger partial charge in [-0.05, 0) is 72.1 Å². The van der Waals surface area contributed by atoms with E-state index >= 15 is 0 Å². The molecule has 0 saturated carbocycles. The molecule has 0 aromatic heterocycles. The molecule has 4 aromatic rings. The van der Waals surface area contributed by atoms with Crippen LogP contribution in [0.3, 0.4) is 0 Å². The highest BCUT2D eigenvalue weighted by molar-refractivity contribution is 7.86. The van der Waals surface area contributed by atoms with Gasteiger partial charge in [-0.25, -0.2) is 0 Å². The molecule has 4 rings (SSSR count). The van der Waals surface area contributed by atoms with Crippen LogP contribution in [-0.2, 0) is 20.2 Å². The zero-order valence-electron chi connectivity index (χ0n) is 20.2. The monoisotopic (exact) mass is 554 g/mol. The maximum atomic E-state index is 13.0. The van der Waals surface area contributed by atoms with Gasteiger partial charge in [0.15, 0.2) is 5.78 Å². The molecule has 0 aliphatic carbocycles. The number of rotatable bonds is 8. The standard InChI is InChI=1S/C27H22O9S2/c1-17-3-4-20(15-25(17)37(29,30)31)27(28)21-9-14-24(26(16-21)38(32,33)34)36-23-12-7-19(8-13-23)18-5-10-22(35-2)11-6-18/h3-16H,1-2H3,(H,29,30,31)(H,32,33,34). The molecule has 0 unspecified atom stereocenters. The fraction of sp³-hybridized carbons (Fsp3) is 0.0741. The van der Waals surface area contributed by atoms with Crippen LogP contribution < -0.4 is 9.47 Å². The Hall–Kier alpha value is -4.03. The third kappa shape index (κ3) is 5.92. The molecule has 0 atom stereocenters. The molecule has 4 aromatic carbocycles. The van der Waals surface area contributed by atoms with Gasteiger partial charge in [0, 0.05) is 11.1 Å². The normalized spacial score (nSPS) is 11.7. The zero-order valence-corrected chi connectivity index (χ0v) is 21.8. The third-order valence-electron chi connectivity index (χ3n) is 5.72. The second kappa shape index (κ2) is 10.4. The van der Waals surface area contributed by atoms with Crippen molar-refractivity contribution in [2.75, 3.05) is 7.11 Å². The van der Waals surface area contributed by atoms with Gasteiger partial charge in [0.2, 0.25) is 0 Å². The maximum Gasteiger partial charge on any atom is 0.298 e. The van der Waals surface area contributed by atoms with E-state index in [1.807, 2.05) is 24.3 Å². The molecule has 9 nitrogen and oxygen atoms in total. The molecule has 0 amide bonds. The van der Waals surface area contributed by atoms with E-state index in [1.165, 1.54) is 31.2 Å². The van der Waals surface area contributed by atoms with Crippen molar-refractivity contribution >= 4 is 26.0 Å². The van der Waals surface area contributed by atoms with Crippen molar-refractivity contribution in [3.8, 4) is 28.4 Å². The first-order valence-corrected chi connectivity index (χ1v) is 13.9. The van der Waals surface area contributed by atoms with E-state index < -0.39 is 35.8 Å². The quantitative estimate of drug-likeness (QED) is 0.222. The number of methoxy groups -OCH3 is 1. The first-order chi connectivity index (χ1) is 17.9. The van der Waals surface area contributed by atoms with E-state index in [4.69, 9.17) is 9.47 Å². The minimum Gasteiger partial charge on any atom is -0.497 e. The largest absolute Gasteiger partial charge is 0.497 e. The van der Waals surface area contributed by atoms with Crippen molar-refractivity contribution in [2.24, 2.45) is 0 Å². The fourth-order valence-electron chi connectivity index (χ4n) is 3.75. The number of ketones is 1. The summed E-state index contributed by atoms with van der Waals surface area (Å²) in [5, 5.41) is 0. The van der Waals surface area contributed by atoms with E-state index in [-0.39, 0.29) is 28.2 Å². The Labute approximate surface area is 219 Å². The predicted octanol–water partition coefficient (Wildman–Crippen LogP) is 5.19. The first-order valence-electron chi connectivity index (χ1n) is 11.0. The summed E-state index contributed by atoms with van der Waals surface area (Å²) in [4.78, 5) is 11.9. The summed E-state index contributed by atoms with van der Waals surface area (Å²) in [7, 11) is -7.82. The molecular formula is C27H22O9S2. The average molecular weight is 555 g/mol. The van der Waals surface area contributed by atoms with Crippen molar-refractivity contribution < 1.29 is 40.2 Å². The third-order valence-corrected chi connectivity index (χ3v) is 7.59. The van der Waals surface area contributed by atoms with Gasteiger partial charge in [0.05, 0.1) is 12.0 Å². The van der Waals surface area contributed by atoms with Crippen LogP contribution in [0, 0.1) is 6.92 Å². The predicted molar refractivity (Wildman–Crippen MR) is 139 cm³/mol. The van der Waals surface area contributed by atoms with E-state index in [1.54, 1.807) is 31.4 Å². The van der Waals surface area contributed by atoms with Gasteiger partial charge < -0.3 is 9.47 Å². The molecule has 0 radical (unpaired) electrons. The van der Waals surface area contributed by atoms with E-state index in [0.717, 1.165) is 29.0 Å². The molecule has 0 spiro atoms. The smallest absolute Gasteiger partial charge is 0.298 e. The molecule has 0 saturated heterocycles. The van der Waals surface area contributed by atoms with Crippen LogP contribution in [-0.4, -0.2) is 38.8 Å². The van der Waals surface area contributed by atoms with Crippen LogP contribution in [0.4, 0.5) is 0 Å². The summed E-state index contributed by atoms with van der Waals surface area (Å²) in [5.74, 6) is 0.0520. The molecule has 11 heteroatoms. The van der Waals surface area contributed by atoms with Gasteiger partial charge in [-0.2, -0.15) is 16.8 Å². The van der Waals surface area contributed by atoms with Gasteiger partial charge in [-0.3, -0.25) is 13.9 Å². The van der Waals surface area contributed by atoms with Crippen LogP contribution in [0.2, 0.25) is 0 Å². The van der Waals surface area contributed by atoms with E-state index in [9.17, 15) is 30.7 Å². The number of aryl methyl sites for hydroxylation is 1. The summed E-state index contributed by atoms with van der Waals surface area (Å²) in [6.07, 6.45) is 0. The number of carbonyl (C=O) groups is 1. The summed E-state index contributed by atoms with van der Waals surface area (Å²) < 4.78 is 77.5. The van der Waals surface area contributed by atoms with E-state index in [2.05, 4.69) is 0 Å². The Morgan fingerprint density at radius 2 is 1.13 bits per heavy atom. The van der Waals surface area contributed by atoms with Crippen molar-refractivity contribution in [1.82, 2.24) is 0 Å². The maximum absolute atomic E-state index is 13.0. The molecule has 0 aliphatic rings. The minimum absolute atomic E-state index is 0.104. The topological polar surface area (TPSA) is 144 Å². The Bertz CT molecular complexity index is 1720. The highest BCUT2D eigenvalue weighted by Crippen LogP contribution is 2.32. The lowest BCUT2D eigenvalue weighted by Gasteiger charge is -2.12. The van der Waals surface area contributed by atoms with Crippen molar-refractivity contribution in [3.63, 3.8) is 0 Å². The number of benzene rings is 4. The van der Waals surface area contributed by atoms with Gasteiger partial charge >= 0.3 is 0 Å². The summed E-state index contributed by atoms with van der Waals surface area (Å²) in [6, 6.07) is 21.3. The molecule has 0 bridgehead atoms. The average Bonchev–Trinajstić information content (AvgIpc) is 2.88. The molecule has 196 valence electrons. The van der Waals surface area contributed by atoms with Gasteiger partial charge in [0.1, 0.15) is 22.1 Å². The molecule has 0 heterocycles. The Morgan fingerprint density at radius 3 is 1.63 bits per heavy atom. The van der Waals surface area contributed by atoms with Crippen molar-refractivity contribution in [3.05, 3.63) is 102 Å². The lowest BCUT2D eigenvalue weighted by atomic mass is 10.0. The van der Waals surface area contributed by atoms with Crippen LogP contribution in [0.1, 0.15) is 21.5 Å². The van der Waals surface area contributed by atoms with Gasteiger partial charge in [0.25, 0.3) is 20.2 Å². The fourth-order valence-corrected chi connectivity index (χ4v) is 5.14. The Kier molecular flexibility index (Phi) is 7.38. The molecule has 38 heavy (non-hydrogen) atoms. The highest BCUT2D eigenvalue weighted by Gasteiger charge is 2.22. The van der Waals surface area contributed by atoms with Crippen LogP contribution in [0.25, 0.3) is 11.1 Å². The van der Waals surface area contributed by atoms with Crippen molar-refractivity contribution in [2.45, 2.75) is 16.7 Å². The number of carbonyl (C=O) groups excluding carboxylic acids is 1. The lowest BCUT2D eigenvalue weighted by Crippen LogP contribution is -2.08. The Balaban J connectivity index is 1.64. The number of hydrogen-bond donors (Lipinski definition) is 2. The van der Waals surface area contributed by atoms with Crippen LogP contribution >= 0.6 is 0 Å². The van der Waals surface area contributed by atoms with Crippen molar-refractivity contribution in [1.29, 1.82) is 0 Å². The first kappa shape index (κ1) is 27.0. The number of ether oxygens (including phenoxy) is 2. The molecule has 0 aliphatic heterocycles. The lowest BCUT2D eigenvalue weighted by molar-refractivity contribution is 0.103. The van der Waals surface area contributed by atoms with Crippen LogP contribution in [0.5, 0.6) is 17.2 Å². The summed E-state index contributed by atoms with van der Waals surface area (Å²) >= 11 is 0. The van der Waals surface area contributed by atoms with Crippen LogP contribution in [0.15, 0.2) is 94.7 Å². The molecule has 0 fully saturated rings. The van der Waals surface area contributed by atoms with Gasteiger partial charge in [-0.1, -0.05) is 36.4 Å². The Morgan fingerprint density at radius 1 is 0.658 bits per heavy atom. The highest BCUT2D eigenvalue weighted by atomic mass is 32.2. The van der Waals surface area contributed by atoms with Gasteiger partial charge in [-0.15, -0.1) is 0 Å². The minimum atomic E-state index is -4.81. The molecular weight excluding hydrogens is 532 g/mol. The number of hydrogen-bond acceptors (Lipinski definition) is 7.